The molecule has 5 heteroatoms. The number of halogens is 1. The standard InChI is InChI=1S/C15H21BrN2O2/c1-4-5-11-6-14(19)18(8-11)15(20)13-7-12(16)9-17(13)10(2)3/h7,9-11H,4-6,8H2,1-3H3. The molecule has 20 heavy (non-hydrogen) atoms. The van der Waals surface area contributed by atoms with Crippen molar-refractivity contribution in [3.63, 3.8) is 0 Å². The van der Waals surface area contributed by atoms with E-state index in [0.29, 0.717) is 24.6 Å². The Morgan fingerprint density at radius 3 is 2.80 bits per heavy atom. The third kappa shape index (κ3) is 2.97. The van der Waals surface area contributed by atoms with Crippen LogP contribution in [0, 0.1) is 5.92 Å². The van der Waals surface area contributed by atoms with Crippen molar-refractivity contribution < 1.29 is 9.59 Å². The number of nitrogens with zero attached hydrogens (tertiary/aromatic N) is 2. The topological polar surface area (TPSA) is 42.3 Å². The van der Waals surface area contributed by atoms with E-state index in [4.69, 9.17) is 0 Å². The second-order valence-corrected chi connectivity index (χ2v) is 6.63. The highest BCUT2D eigenvalue weighted by Crippen LogP contribution is 2.26. The van der Waals surface area contributed by atoms with Gasteiger partial charge in [-0.15, -0.1) is 0 Å². The Balaban J connectivity index is 2.22. The number of aromatic nitrogens is 1. The van der Waals surface area contributed by atoms with Crippen molar-refractivity contribution in [1.82, 2.24) is 9.47 Å². The molecule has 1 saturated heterocycles. The van der Waals surface area contributed by atoms with E-state index in [2.05, 4.69) is 22.9 Å². The Morgan fingerprint density at radius 1 is 1.50 bits per heavy atom. The molecule has 1 aromatic rings. The summed E-state index contributed by atoms with van der Waals surface area (Å²) >= 11 is 3.40. The molecule has 4 nitrogen and oxygen atoms in total. The number of likely N-dealkylation sites (tertiary alicyclic amines) is 1. The number of imide groups is 1. The van der Waals surface area contributed by atoms with E-state index in [-0.39, 0.29) is 17.9 Å². The third-order valence-corrected chi connectivity index (χ3v) is 4.17. The molecule has 1 aliphatic rings. The van der Waals surface area contributed by atoms with Crippen LogP contribution in [0.3, 0.4) is 0 Å². The lowest BCUT2D eigenvalue weighted by Gasteiger charge is -2.18. The van der Waals surface area contributed by atoms with Gasteiger partial charge in [-0.05, 0) is 48.2 Å². The molecule has 1 fully saturated rings. The second kappa shape index (κ2) is 6.12. The van der Waals surface area contributed by atoms with Crippen LogP contribution in [-0.2, 0) is 4.79 Å². The number of hydrogen-bond acceptors (Lipinski definition) is 2. The van der Waals surface area contributed by atoms with Crippen LogP contribution in [-0.4, -0.2) is 27.8 Å². The van der Waals surface area contributed by atoms with Crippen molar-refractivity contribution in [3.05, 3.63) is 22.4 Å². The largest absolute Gasteiger partial charge is 0.340 e. The average molecular weight is 341 g/mol. The average Bonchev–Trinajstić information content (AvgIpc) is 2.92. The minimum absolute atomic E-state index is 0.0407. The van der Waals surface area contributed by atoms with E-state index >= 15 is 0 Å². The van der Waals surface area contributed by atoms with Gasteiger partial charge in [0.2, 0.25) is 5.91 Å². The normalized spacial score (nSPS) is 19.1. The minimum Gasteiger partial charge on any atom is -0.340 e. The second-order valence-electron chi connectivity index (χ2n) is 5.71. The third-order valence-electron chi connectivity index (χ3n) is 3.74. The van der Waals surface area contributed by atoms with Crippen LogP contribution in [0.5, 0.6) is 0 Å². The van der Waals surface area contributed by atoms with Crippen molar-refractivity contribution in [2.24, 2.45) is 5.92 Å². The molecule has 0 radical (unpaired) electrons. The van der Waals surface area contributed by atoms with Gasteiger partial charge in [0.1, 0.15) is 5.69 Å². The van der Waals surface area contributed by atoms with Gasteiger partial charge in [-0.3, -0.25) is 14.5 Å². The quantitative estimate of drug-likeness (QED) is 0.785. The summed E-state index contributed by atoms with van der Waals surface area (Å²) in [6.45, 7) is 6.71. The molecule has 0 bridgehead atoms. The van der Waals surface area contributed by atoms with E-state index in [1.54, 1.807) is 6.07 Å². The summed E-state index contributed by atoms with van der Waals surface area (Å²) in [5, 5.41) is 0. The van der Waals surface area contributed by atoms with E-state index in [0.717, 1.165) is 17.3 Å². The first-order chi connectivity index (χ1) is 9.43. The summed E-state index contributed by atoms with van der Waals surface area (Å²) in [6, 6.07) is 1.98. The minimum atomic E-state index is -0.173. The Morgan fingerprint density at radius 2 is 2.20 bits per heavy atom. The lowest BCUT2D eigenvalue weighted by molar-refractivity contribution is -0.125. The summed E-state index contributed by atoms with van der Waals surface area (Å²) in [4.78, 5) is 26.1. The number of carbonyl (C=O) groups excluding carboxylic acids is 2. The van der Waals surface area contributed by atoms with Gasteiger partial charge in [-0.25, -0.2) is 0 Å². The van der Waals surface area contributed by atoms with Gasteiger partial charge in [0, 0.05) is 29.7 Å². The maximum atomic E-state index is 12.6. The van der Waals surface area contributed by atoms with Crippen molar-refractivity contribution >= 4 is 27.7 Å². The van der Waals surface area contributed by atoms with Crippen LogP contribution >= 0.6 is 15.9 Å². The van der Waals surface area contributed by atoms with Gasteiger partial charge in [-0.1, -0.05) is 13.3 Å². The molecule has 1 unspecified atom stereocenters. The fraction of sp³-hybridized carbons (Fsp3) is 0.600. The van der Waals surface area contributed by atoms with Crippen LogP contribution in [0.25, 0.3) is 0 Å². The molecular formula is C15H21BrN2O2. The van der Waals surface area contributed by atoms with Crippen LogP contribution in [0.1, 0.15) is 56.6 Å². The SMILES string of the molecule is CCCC1CC(=O)N(C(=O)c2cc(Br)cn2C(C)C)C1. The van der Waals surface area contributed by atoms with Gasteiger partial charge < -0.3 is 4.57 Å². The number of hydrogen-bond donors (Lipinski definition) is 0. The summed E-state index contributed by atoms with van der Waals surface area (Å²) in [7, 11) is 0. The van der Waals surface area contributed by atoms with Crippen molar-refractivity contribution in [2.75, 3.05) is 6.54 Å². The fourth-order valence-corrected chi connectivity index (χ4v) is 3.20. The first-order valence-electron chi connectivity index (χ1n) is 7.16. The highest BCUT2D eigenvalue weighted by atomic mass is 79.9. The first kappa shape index (κ1) is 15.3. The van der Waals surface area contributed by atoms with E-state index in [9.17, 15) is 9.59 Å². The molecule has 0 spiro atoms. The molecule has 1 atom stereocenters. The number of amides is 2. The Labute approximate surface area is 128 Å². The van der Waals surface area contributed by atoms with E-state index < -0.39 is 0 Å². The van der Waals surface area contributed by atoms with Gasteiger partial charge in [0.15, 0.2) is 0 Å². The predicted molar refractivity (Wildman–Crippen MR) is 81.6 cm³/mol. The maximum absolute atomic E-state index is 12.6. The summed E-state index contributed by atoms with van der Waals surface area (Å²) in [6.07, 6.45) is 4.45. The number of carbonyl (C=O) groups is 2. The summed E-state index contributed by atoms with van der Waals surface area (Å²) < 4.78 is 2.78. The van der Waals surface area contributed by atoms with Crippen molar-refractivity contribution in [2.45, 2.75) is 46.1 Å². The molecule has 1 aliphatic heterocycles. The highest BCUT2D eigenvalue weighted by molar-refractivity contribution is 9.10. The lowest BCUT2D eigenvalue weighted by Crippen LogP contribution is -2.34. The molecule has 0 aliphatic carbocycles. The molecule has 110 valence electrons. The lowest BCUT2D eigenvalue weighted by atomic mass is 10.0. The summed E-state index contributed by atoms with van der Waals surface area (Å²) in [5.41, 5.74) is 0.581. The molecule has 0 N–H and O–H groups in total. The van der Waals surface area contributed by atoms with Gasteiger partial charge in [0.25, 0.3) is 5.91 Å². The Bertz CT molecular complexity index is 522. The summed E-state index contributed by atoms with van der Waals surface area (Å²) in [5.74, 6) is 0.108. The van der Waals surface area contributed by atoms with Crippen LogP contribution in [0.2, 0.25) is 0 Å². The predicted octanol–water partition coefficient (Wildman–Crippen LogP) is 3.62. The molecule has 0 saturated carbocycles. The molecule has 2 heterocycles. The van der Waals surface area contributed by atoms with Gasteiger partial charge in [-0.2, -0.15) is 0 Å². The zero-order chi connectivity index (χ0) is 14.9. The zero-order valence-corrected chi connectivity index (χ0v) is 13.8. The van der Waals surface area contributed by atoms with Crippen LogP contribution in [0.4, 0.5) is 0 Å². The monoisotopic (exact) mass is 340 g/mol. The Hall–Kier alpha value is -1.10. The first-order valence-corrected chi connectivity index (χ1v) is 7.95. The smallest absolute Gasteiger partial charge is 0.277 e. The molecule has 0 aromatic carbocycles. The Kier molecular flexibility index (Phi) is 4.68. The fourth-order valence-electron chi connectivity index (χ4n) is 2.76. The van der Waals surface area contributed by atoms with Gasteiger partial charge >= 0.3 is 0 Å². The van der Waals surface area contributed by atoms with Gasteiger partial charge in [0.05, 0.1) is 0 Å². The van der Waals surface area contributed by atoms with Crippen LogP contribution < -0.4 is 0 Å². The number of rotatable bonds is 4. The molecule has 2 amide bonds. The van der Waals surface area contributed by atoms with E-state index in [1.165, 1.54) is 4.90 Å². The molecule has 2 rings (SSSR count). The van der Waals surface area contributed by atoms with E-state index in [1.807, 2.05) is 24.6 Å². The van der Waals surface area contributed by atoms with Crippen LogP contribution in [0.15, 0.2) is 16.7 Å². The zero-order valence-electron chi connectivity index (χ0n) is 12.2. The molecular weight excluding hydrogens is 320 g/mol. The van der Waals surface area contributed by atoms with Crippen molar-refractivity contribution in [3.8, 4) is 0 Å². The molecule has 1 aromatic heterocycles. The maximum Gasteiger partial charge on any atom is 0.277 e. The highest BCUT2D eigenvalue weighted by Gasteiger charge is 2.35. The van der Waals surface area contributed by atoms with Crippen molar-refractivity contribution in [1.29, 1.82) is 0 Å².